The Labute approximate surface area is 357 Å². The number of rotatable bonds is 8. The Balaban J connectivity index is 1.20. The lowest BCUT2D eigenvalue weighted by atomic mass is 9.67. The maximum atomic E-state index is 5.45. The fourth-order valence-corrected chi connectivity index (χ4v) is 9.35. The van der Waals surface area contributed by atoms with Crippen molar-refractivity contribution in [1.82, 2.24) is 9.97 Å². The van der Waals surface area contributed by atoms with E-state index in [0.717, 1.165) is 44.8 Å². The molecule has 0 unspecified atom stereocenters. The molecule has 286 valence electrons. The Bertz CT molecular complexity index is 3100. The molecule has 1 aliphatic carbocycles. The first kappa shape index (κ1) is 36.2. The lowest BCUT2D eigenvalue weighted by molar-refractivity contribution is 0.769. The topological polar surface area (TPSA) is 25.8 Å². The Hall–Kier alpha value is -7.94. The van der Waals surface area contributed by atoms with Crippen molar-refractivity contribution in [3.05, 3.63) is 265 Å². The van der Waals surface area contributed by atoms with Crippen molar-refractivity contribution in [2.45, 2.75) is 5.41 Å². The van der Waals surface area contributed by atoms with Gasteiger partial charge in [0.2, 0.25) is 0 Å². The van der Waals surface area contributed by atoms with Gasteiger partial charge in [0, 0.05) is 16.7 Å². The largest absolute Gasteiger partial charge is 0.228 e. The zero-order valence-corrected chi connectivity index (χ0v) is 33.5. The second kappa shape index (κ2) is 15.3. The van der Waals surface area contributed by atoms with Gasteiger partial charge >= 0.3 is 0 Å². The van der Waals surface area contributed by atoms with E-state index in [2.05, 4.69) is 237 Å². The van der Waals surface area contributed by atoms with Gasteiger partial charge in [-0.25, -0.2) is 9.97 Å². The highest BCUT2D eigenvalue weighted by Gasteiger charge is 2.46. The smallest absolute Gasteiger partial charge is 0.160 e. The van der Waals surface area contributed by atoms with Crippen LogP contribution >= 0.6 is 0 Å². The van der Waals surface area contributed by atoms with Gasteiger partial charge in [-0.1, -0.05) is 218 Å². The van der Waals surface area contributed by atoms with E-state index in [1.54, 1.807) is 0 Å². The van der Waals surface area contributed by atoms with E-state index in [9.17, 15) is 0 Å². The summed E-state index contributed by atoms with van der Waals surface area (Å²) in [6.07, 6.45) is 0. The minimum Gasteiger partial charge on any atom is -0.228 e. The number of fused-ring (bicyclic) bond motifs is 3. The highest BCUT2D eigenvalue weighted by Crippen LogP contribution is 2.58. The molecular formula is C59H40N2. The summed E-state index contributed by atoms with van der Waals surface area (Å²) in [6, 6.07) is 87.2. The first-order valence-corrected chi connectivity index (χ1v) is 20.9. The molecule has 0 spiro atoms. The van der Waals surface area contributed by atoms with Gasteiger partial charge in [0.15, 0.2) is 5.82 Å². The van der Waals surface area contributed by atoms with Crippen LogP contribution in [0, 0.1) is 0 Å². The van der Waals surface area contributed by atoms with E-state index in [1.807, 2.05) is 6.07 Å². The second-order valence-electron chi connectivity index (χ2n) is 15.7. The van der Waals surface area contributed by atoms with E-state index in [-0.39, 0.29) is 0 Å². The van der Waals surface area contributed by atoms with Crippen molar-refractivity contribution in [1.29, 1.82) is 0 Å². The minimum absolute atomic E-state index is 0.550. The molecule has 0 saturated carbocycles. The molecule has 0 aliphatic heterocycles. The molecule has 1 heterocycles. The summed E-state index contributed by atoms with van der Waals surface area (Å²) in [7, 11) is 0. The van der Waals surface area contributed by atoms with Gasteiger partial charge in [-0.15, -0.1) is 0 Å². The van der Waals surface area contributed by atoms with Crippen molar-refractivity contribution < 1.29 is 0 Å². The first-order chi connectivity index (χ1) is 30.2. The minimum atomic E-state index is -0.550. The summed E-state index contributed by atoms with van der Waals surface area (Å²) >= 11 is 0. The van der Waals surface area contributed by atoms with Crippen LogP contribution in [0.5, 0.6) is 0 Å². The third-order valence-corrected chi connectivity index (χ3v) is 12.2. The van der Waals surface area contributed by atoms with Crippen molar-refractivity contribution in [2.24, 2.45) is 0 Å². The maximum Gasteiger partial charge on any atom is 0.160 e. The molecule has 2 heteroatoms. The molecule has 0 bridgehead atoms. The zero-order chi connectivity index (χ0) is 40.6. The summed E-state index contributed by atoms with van der Waals surface area (Å²) in [4.78, 5) is 10.7. The Morgan fingerprint density at radius 3 is 1.36 bits per heavy atom. The second-order valence-corrected chi connectivity index (χ2v) is 15.7. The van der Waals surface area contributed by atoms with Gasteiger partial charge in [-0.3, -0.25) is 0 Å². The van der Waals surface area contributed by atoms with E-state index in [0.29, 0.717) is 5.82 Å². The van der Waals surface area contributed by atoms with Crippen molar-refractivity contribution in [3.63, 3.8) is 0 Å². The van der Waals surface area contributed by atoms with Crippen LogP contribution in [0.15, 0.2) is 243 Å². The molecule has 0 saturated heterocycles. The quantitative estimate of drug-likeness (QED) is 0.154. The molecule has 1 aliphatic rings. The molecule has 61 heavy (non-hydrogen) atoms. The number of hydrogen-bond acceptors (Lipinski definition) is 2. The number of hydrogen-bond donors (Lipinski definition) is 0. The fourth-order valence-electron chi connectivity index (χ4n) is 9.35. The summed E-state index contributed by atoms with van der Waals surface area (Å²) in [5, 5.41) is 0. The summed E-state index contributed by atoms with van der Waals surface area (Å²) in [5.41, 5.74) is 18.6. The molecule has 0 radical (unpaired) electrons. The molecule has 2 nitrogen and oxygen atoms in total. The predicted octanol–water partition coefficient (Wildman–Crippen LogP) is 14.8. The summed E-state index contributed by atoms with van der Waals surface area (Å²) in [6.45, 7) is 0. The Morgan fingerprint density at radius 2 is 0.721 bits per heavy atom. The lowest BCUT2D eigenvalue weighted by Crippen LogP contribution is -2.28. The van der Waals surface area contributed by atoms with Crippen LogP contribution in [-0.2, 0) is 5.41 Å². The van der Waals surface area contributed by atoms with E-state index in [1.165, 1.54) is 50.1 Å². The molecule has 11 rings (SSSR count). The summed E-state index contributed by atoms with van der Waals surface area (Å²) < 4.78 is 0. The molecule has 0 fully saturated rings. The van der Waals surface area contributed by atoms with Crippen LogP contribution in [-0.4, -0.2) is 9.97 Å². The van der Waals surface area contributed by atoms with Crippen molar-refractivity contribution in [3.8, 4) is 78.4 Å². The van der Waals surface area contributed by atoms with Gasteiger partial charge in [0.1, 0.15) is 0 Å². The predicted molar refractivity (Wildman–Crippen MR) is 252 cm³/mol. The number of aromatic nitrogens is 2. The highest BCUT2D eigenvalue weighted by molar-refractivity contribution is 5.95. The average Bonchev–Trinajstić information content (AvgIpc) is 3.65. The van der Waals surface area contributed by atoms with Crippen LogP contribution < -0.4 is 0 Å². The van der Waals surface area contributed by atoms with E-state index < -0.39 is 5.41 Å². The lowest BCUT2D eigenvalue weighted by Gasteiger charge is -2.34. The van der Waals surface area contributed by atoms with Crippen LogP contribution in [0.4, 0.5) is 0 Å². The van der Waals surface area contributed by atoms with Crippen LogP contribution in [0.2, 0.25) is 0 Å². The average molecular weight is 777 g/mol. The van der Waals surface area contributed by atoms with Gasteiger partial charge < -0.3 is 0 Å². The molecule has 10 aromatic rings. The highest BCUT2D eigenvalue weighted by atomic mass is 14.9. The van der Waals surface area contributed by atoms with Gasteiger partial charge in [-0.2, -0.15) is 0 Å². The zero-order valence-electron chi connectivity index (χ0n) is 33.5. The van der Waals surface area contributed by atoms with Gasteiger partial charge in [-0.05, 0) is 91.0 Å². The molecule has 0 amide bonds. The first-order valence-electron chi connectivity index (χ1n) is 20.9. The number of benzene rings is 9. The van der Waals surface area contributed by atoms with Crippen LogP contribution in [0.1, 0.15) is 22.3 Å². The van der Waals surface area contributed by atoms with E-state index >= 15 is 0 Å². The normalized spacial score (nSPS) is 12.4. The number of nitrogens with zero attached hydrogens (tertiary/aromatic N) is 2. The SMILES string of the molecule is c1ccc(-c2ccc(-c3cc(-c4cc5c(cc4-c4cccc(-c6ccccc6)c4)C(c4ccccc4)(c4ccccc4)c4ccccc4-5)nc(-c4ccccc4)n3)cc2)cc1. The molecular weight excluding hydrogens is 737 g/mol. The maximum absolute atomic E-state index is 5.45. The molecule has 9 aromatic carbocycles. The van der Waals surface area contributed by atoms with Gasteiger partial charge in [0.05, 0.1) is 16.8 Å². The van der Waals surface area contributed by atoms with Crippen LogP contribution in [0.3, 0.4) is 0 Å². The van der Waals surface area contributed by atoms with Crippen molar-refractivity contribution in [2.75, 3.05) is 0 Å². The Morgan fingerprint density at radius 1 is 0.246 bits per heavy atom. The third-order valence-electron chi connectivity index (χ3n) is 12.2. The third kappa shape index (κ3) is 6.37. The van der Waals surface area contributed by atoms with E-state index in [4.69, 9.17) is 9.97 Å². The molecule has 0 atom stereocenters. The summed E-state index contributed by atoms with van der Waals surface area (Å²) in [5.74, 6) is 0.688. The van der Waals surface area contributed by atoms with Crippen LogP contribution in [0.25, 0.3) is 78.4 Å². The van der Waals surface area contributed by atoms with Crippen molar-refractivity contribution >= 4 is 0 Å². The standard InChI is InChI=1S/C59H40N2/c1-6-19-41(20-7-1)43-33-35-44(36-34-43)56-40-57(61-58(60-56)45-23-10-3-11-24-45)53-38-52-50-31-16-17-32-54(50)59(48-27-12-4-13-28-48,49-29-14-5-15-30-49)55(52)39-51(53)47-26-18-25-46(37-47)42-21-8-2-9-22-42/h1-40H. The molecule has 0 N–H and O–H groups in total. The monoisotopic (exact) mass is 776 g/mol. The fraction of sp³-hybridized carbons (Fsp3) is 0.0169. The van der Waals surface area contributed by atoms with Gasteiger partial charge in [0.25, 0.3) is 0 Å². The molecule has 1 aromatic heterocycles. The Kier molecular flexibility index (Phi) is 9.09.